The van der Waals surface area contributed by atoms with Crippen LogP contribution < -0.4 is 9.46 Å². The minimum Gasteiger partial charge on any atom is -0.497 e. The topological polar surface area (TPSA) is 92.7 Å². The Kier molecular flexibility index (Phi) is 5.36. The van der Waals surface area contributed by atoms with E-state index in [1.54, 1.807) is 24.3 Å². The van der Waals surface area contributed by atoms with Gasteiger partial charge in [-0.1, -0.05) is 12.1 Å². The van der Waals surface area contributed by atoms with Crippen LogP contribution in [0.15, 0.2) is 53.4 Å². The van der Waals surface area contributed by atoms with Gasteiger partial charge in [0.1, 0.15) is 5.75 Å². The fourth-order valence-corrected chi connectivity index (χ4v) is 3.06. The zero-order valence-corrected chi connectivity index (χ0v) is 13.3. The smallest absolute Gasteiger partial charge is 0.335 e. The summed E-state index contributed by atoms with van der Waals surface area (Å²) in [6.07, 6.45) is 0.399. The summed E-state index contributed by atoms with van der Waals surface area (Å²) in [6, 6.07) is 12.5. The average molecular weight is 335 g/mol. The third-order valence-electron chi connectivity index (χ3n) is 3.25. The second-order valence-corrected chi connectivity index (χ2v) is 6.60. The van der Waals surface area contributed by atoms with Crippen LogP contribution in [0.4, 0.5) is 0 Å². The predicted molar refractivity (Wildman–Crippen MR) is 85.3 cm³/mol. The number of rotatable bonds is 7. The van der Waals surface area contributed by atoms with Crippen molar-refractivity contribution in [2.75, 3.05) is 13.7 Å². The molecule has 0 saturated carbocycles. The van der Waals surface area contributed by atoms with Gasteiger partial charge in [-0.15, -0.1) is 0 Å². The van der Waals surface area contributed by atoms with E-state index in [1.165, 1.54) is 31.4 Å². The molecule has 0 saturated heterocycles. The lowest BCUT2D eigenvalue weighted by atomic mass is 10.1. The molecule has 0 aliphatic heterocycles. The molecule has 6 nitrogen and oxygen atoms in total. The summed E-state index contributed by atoms with van der Waals surface area (Å²) < 4.78 is 31.8. The van der Waals surface area contributed by atoms with Crippen LogP contribution in [0.3, 0.4) is 0 Å². The molecule has 0 fully saturated rings. The minimum atomic E-state index is -3.60. The fraction of sp³-hybridized carbons (Fsp3) is 0.188. The quantitative estimate of drug-likeness (QED) is 0.806. The molecule has 2 N–H and O–H groups in total. The van der Waals surface area contributed by atoms with E-state index in [2.05, 4.69) is 4.72 Å². The number of nitrogens with one attached hydrogen (secondary N) is 1. The lowest BCUT2D eigenvalue weighted by molar-refractivity contribution is 0.0696. The molecule has 2 aromatic rings. The number of methoxy groups -OCH3 is 1. The molecule has 0 heterocycles. The highest BCUT2D eigenvalue weighted by molar-refractivity contribution is 7.89. The standard InChI is InChI=1S/C16H17NO5S/c1-22-14-5-7-15(8-6-14)23(20,21)17-10-9-12-3-2-4-13(11-12)16(18)19/h2-8,11,17H,9-10H2,1H3,(H,18,19). The largest absolute Gasteiger partial charge is 0.497 e. The third-order valence-corrected chi connectivity index (χ3v) is 4.73. The van der Waals surface area contributed by atoms with Crippen LogP contribution in [-0.2, 0) is 16.4 Å². The van der Waals surface area contributed by atoms with E-state index in [9.17, 15) is 13.2 Å². The van der Waals surface area contributed by atoms with E-state index in [4.69, 9.17) is 9.84 Å². The number of sulfonamides is 1. The highest BCUT2D eigenvalue weighted by atomic mass is 32.2. The van der Waals surface area contributed by atoms with E-state index in [0.717, 1.165) is 5.56 Å². The Balaban J connectivity index is 1.99. The van der Waals surface area contributed by atoms with Crippen molar-refractivity contribution in [1.29, 1.82) is 0 Å². The first-order valence-corrected chi connectivity index (χ1v) is 8.36. The molecule has 0 unspecified atom stereocenters. The normalized spacial score (nSPS) is 11.2. The maximum absolute atomic E-state index is 12.2. The predicted octanol–water partition coefficient (Wildman–Crippen LogP) is 1.91. The maximum atomic E-state index is 12.2. The Labute approximate surface area is 134 Å². The van der Waals surface area contributed by atoms with Crippen molar-refractivity contribution in [2.45, 2.75) is 11.3 Å². The first kappa shape index (κ1) is 17.0. The Morgan fingerprint density at radius 3 is 2.48 bits per heavy atom. The number of carboxylic acid groups (broad SMARTS) is 1. The second kappa shape index (κ2) is 7.26. The summed E-state index contributed by atoms with van der Waals surface area (Å²) in [6.45, 7) is 0.178. The van der Waals surface area contributed by atoms with Crippen LogP contribution in [-0.4, -0.2) is 33.1 Å². The van der Waals surface area contributed by atoms with Gasteiger partial charge in [-0.25, -0.2) is 17.9 Å². The molecule has 2 rings (SSSR count). The molecule has 2 aromatic carbocycles. The van der Waals surface area contributed by atoms with E-state index >= 15 is 0 Å². The molecule has 122 valence electrons. The van der Waals surface area contributed by atoms with Gasteiger partial charge in [0.25, 0.3) is 0 Å². The molecule has 0 atom stereocenters. The number of aromatic carboxylic acids is 1. The number of carboxylic acids is 1. The summed E-state index contributed by atoms with van der Waals surface area (Å²) in [4.78, 5) is 11.1. The van der Waals surface area contributed by atoms with Gasteiger partial charge in [0.05, 0.1) is 17.6 Å². The third kappa shape index (κ3) is 4.54. The SMILES string of the molecule is COc1ccc(S(=O)(=O)NCCc2cccc(C(=O)O)c2)cc1. The highest BCUT2D eigenvalue weighted by Crippen LogP contribution is 2.15. The van der Waals surface area contributed by atoms with E-state index < -0.39 is 16.0 Å². The van der Waals surface area contributed by atoms with Gasteiger partial charge in [-0.2, -0.15) is 0 Å². The molecule has 0 bridgehead atoms. The molecule has 0 amide bonds. The van der Waals surface area contributed by atoms with Gasteiger partial charge in [0.15, 0.2) is 0 Å². The number of hydrogen-bond acceptors (Lipinski definition) is 4. The monoisotopic (exact) mass is 335 g/mol. The van der Waals surface area contributed by atoms with Crippen LogP contribution in [0.5, 0.6) is 5.75 Å². The second-order valence-electron chi connectivity index (χ2n) is 4.83. The molecular weight excluding hydrogens is 318 g/mol. The Morgan fingerprint density at radius 2 is 1.87 bits per heavy atom. The number of benzene rings is 2. The van der Waals surface area contributed by atoms with E-state index in [1.807, 2.05) is 0 Å². The number of ether oxygens (including phenoxy) is 1. The first-order valence-electron chi connectivity index (χ1n) is 6.88. The molecule has 0 aliphatic rings. The summed E-state index contributed by atoms with van der Waals surface area (Å²) in [5, 5.41) is 8.93. The van der Waals surface area contributed by atoms with Crippen molar-refractivity contribution in [1.82, 2.24) is 4.72 Å². The van der Waals surface area contributed by atoms with E-state index in [-0.39, 0.29) is 17.0 Å². The van der Waals surface area contributed by atoms with Crippen LogP contribution in [0.2, 0.25) is 0 Å². The van der Waals surface area contributed by atoms with Crippen molar-refractivity contribution < 1.29 is 23.1 Å². The first-order chi connectivity index (χ1) is 10.9. The summed E-state index contributed by atoms with van der Waals surface area (Å²) >= 11 is 0. The lowest BCUT2D eigenvalue weighted by Gasteiger charge is -2.08. The molecule has 0 radical (unpaired) electrons. The average Bonchev–Trinajstić information content (AvgIpc) is 2.55. The Hall–Kier alpha value is -2.38. The fourth-order valence-electron chi connectivity index (χ4n) is 2.03. The van der Waals surface area contributed by atoms with Crippen molar-refractivity contribution in [3.63, 3.8) is 0 Å². The molecular formula is C16H17NO5S. The zero-order chi connectivity index (χ0) is 16.9. The van der Waals surface area contributed by atoms with Crippen LogP contribution in [0.25, 0.3) is 0 Å². The number of hydrogen-bond donors (Lipinski definition) is 2. The Bertz CT molecular complexity index is 784. The van der Waals surface area contributed by atoms with E-state index in [0.29, 0.717) is 12.2 Å². The van der Waals surface area contributed by atoms with Crippen molar-refractivity contribution in [3.05, 3.63) is 59.7 Å². The summed E-state index contributed by atoms with van der Waals surface area (Å²) in [5.74, 6) is -0.430. The van der Waals surface area contributed by atoms with Gasteiger partial charge in [0, 0.05) is 6.54 Å². The van der Waals surface area contributed by atoms with Crippen LogP contribution in [0, 0.1) is 0 Å². The lowest BCUT2D eigenvalue weighted by Crippen LogP contribution is -2.26. The molecule has 0 spiro atoms. The van der Waals surface area contributed by atoms with Gasteiger partial charge in [0.2, 0.25) is 10.0 Å². The molecule has 7 heteroatoms. The van der Waals surface area contributed by atoms with Crippen molar-refractivity contribution in [2.24, 2.45) is 0 Å². The molecule has 0 aliphatic carbocycles. The van der Waals surface area contributed by atoms with Crippen molar-refractivity contribution >= 4 is 16.0 Å². The zero-order valence-electron chi connectivity index (χ0n) is 12.5. The van der Waals surface area contributed by atoms with Crippen molar-refractivity contribution in [3.8, 4) is 5.75 Å². The summed E-state index contributed by atoms with van der Waals surface area (Å²) in [5.41, 5.74) is 0.933. The van der Waals surface area contributed by atoms with Gasteiger partial charge in [-0.05, 0) is 48.4 Å². The summed E-state index contributed by atoms with van der Waals surface area (Å²) in [7, 11) is -2.10. The van der Waals surface area contributed by atoms with Crippen LogP contribution >= 0.6 is 0 Å². The Morgan fingerprint density at radius 1 is 1.17 bits per heavy atom. The molecule has 0 aromatic heterocycles. The number of carbonyl (C=O) groups is 1. The van der Waals surface area contributed by atoms with Gasteiger partial charge in [-0.3, -0.25) is 0 Å². The van der Waals surface area contributed by atoms with Gasteiger partial charge < -0.3 is 9.84 Å². The molecule has 23 heavy (non-hydrogen) atoms. The van der Waals surface area contributed by atoms with Crippen LogP contribution in [0.1, 0.15) is 15.9 Å². The highest BCUT2D eigenvalue weighted by Gasteiger charge is 2.13. The minimum absolute atomic E-state index is 0.151. The van der Waals surface area contributed by atoms with Gasteiger partial charge >= 0.3 is 5.97 Å². The maximum Gasteiger partial charge on any atom is 0.335 e.